The Morgan fingerprint density at radius 1 is 1.27 bits per heavy atom. The molecular weight excluding hydrogens is 235 g/mol. The molecule has 0 saturated carbocycles. The van der Waals surface area contributed by atoms with Gasteiger partial charge in [-0.2, -0.15) is 0 Å². The van der Waals surface area contributed by atoms with Crippen LogP contribution in [-0.4, -0.2) is 4.98 Å². The van der Waals surface area contributed by atoms with Gasteiger partial charge < -0.3 is 9.73 Å². The minimum Gasteiger partial charge on any atom is -0.447 e. The lowest BCUT2D eigenvalue weighted by molar-refractivity contribution is 0.512. The molecule has 2 rings (SSSR count). The summed E-state index contributed by atoms with van der Waals surface area (Å²) in [6.07, 6.45) is 3.05. The standard InChI is InChI=1S/C10H8Cl2N2O/c11-9-2-1-7(3-10(9)12)14-5-8-4-13-6-15-8/h1-4,6,14H,5H2. The van der Waals surface area contributed by atoms with Gasteiger partial charge in [-0.05, 0) is 18.2 Å². The van der Waals surface area contributed by atoms with Gasteiger partial charge in [-0.3, -0.25) is 0 Å². The molecule has 1 heterocycles. The number of nitrogens with one attached hydrogen (secondary N) is 1. The van der Waals surface area contributed by atoms with Crippen molar-refractivity contribution in [3.05, 3.63) is 46.6 Å². The van der Waals surface area contributed by atoms with Crippen LogP contribution < -0.4 is 5.32 Å². The molecular formula is C10H8Cl2N2O. The molecule has 0 atom stereocenters. The number of oxazole rings is 1. The van der Waals surface area contributed by atoms with Crippen molar-refractivity contribution in [3.8, 4) is 0 Å². The highest BCUT2D eigenvalue weighted by molar-refractivity contribution is 6.42. The molecule has 5 heteroatoms. The normalized spacial score (nSPS) is 10.3. The van der Waals surface area contributed by atoms with Crippen LogP contribution in [0.3, 0.4) is 0 Å². The van der Waals surface area contributed by atoms with Crippen LogP contribution in [0.15, 0.2) is 35.2 Å². The number of anilines is 1. The molecule has 0 saturated heterocycles. The second-order valence-corrected chi connectivity index (χ2v) is 3.76. The van der Waals surface area contributed by atoms with E-state index in [1.54, 1.807) is 18.3 Å². The fourth-order valence-corrected chi connectivity index (χ4v) is 1.42. The van der Waals surface area contributed by atoms with Crippen LogP contribution in [0, 0.1) is 0 Å². The van der Waals surface area contributed by atoms with E-state index in [0.29, 0.717) is 16.6 Å². The average Bonchev–Trinajstić information content (AvgIpc) is 2.73. The van der Waals surface area contributed by atoms with Crippen molar-refractivity contribution >= 4 is 28.9 Å². The van der Waals surface area contributed by atoms with Crippen molar-refractivity contribution in [2.75, 3.05) is 5.32 Å². The van der Waals surface area contributed by atoms with Crippen LogP contribution in [0.5, 0.6) is 0 Å². The zero-order chi connectivity index (χ0) is 10.7. The second kappa shape index (κ2) is 4.55. The van der Waals surface area contributed by atoms with Gasteiger partial charge in [-0.1, -0.05) is 23.2 Å². The lowest BCUT2D eigenvalue weighted by Gasteiger charge is -2.04. The number of hydrogen-bond acceptors (Lipinski definition) is 3. The molecule has 1 N–H and O–H groups in total. The summed E-state index contributed by atoms with van der Waals surface area (Å²) >= 11 is 11.7. The molecule has 0 spiro atoms. The first kappa shape index (κ1) is 10.3. The average molecular weight is 243 g/mol. The first-order valence-electron chi connectivity index (χ1n) is 4.32. The molecule has 15 heavy (non-hydrogen) atoms. The second-order valence-electron chi connectivity index (χ2n) is 2.95. The van der Waals surface area contributed by atoms with Gasteiger partial charge in [0.2, 0.25) is 0 Å². The molecule has 1 aromatic heterocycles. The molecule has 0 bridgehead atoms. The highest BCUT2D eigenvalue weighted by atomic mass is 35.5. The van der Waals surface area contributed by atoms with Crippen molar-refractivity contribution in [2.24, 2.45) is 0 Å². The minimum absolute atomic E-state index is 0.527. The molecule has 3 nitrogen and oxygen atoms in total. The molecule has 78 valence electrons. The minimum atomic E-state index is 0.527. The van der Waals surface area contributed by atoms with Gasteiger partial charge >= 0.3 is 0 Å². The van der Waals surface area contributed by atoms with E-state index in [1.807, 2.05) is 6.07 Å². The summed E-state index contributed by atoms with van der Waals surface area (Å²) in [5.41, 5.74) is 0.890. The summed E-state index contributed by atoms with van der Waals surface area (Å²) in [4.78, 5) is 3.81. The van der Waals surface area contributed by atoms with E-state index < -0.39 is 0 Å². The summed E-state index contributed by atoms with van der Waals surface area (Å²) in [5, 5.41) is 4.21. The smallest absolute Gasteiger partial charge is 0.180 e. The van der Waals surface area contributed by atoms with Crippen LogP contribution in [0.2, 0.25) is 10.0 Å². The zero-order valence-corrected chi connectivity index (χ0v) is 9.22. The number of hydrogen-bond donors (Lipinski definition) is 1. The van der Waals surface area contributed by atoms with E-state index in [-0.39, 0.29) is 0 Å². The number of rotatable bonds is 3. The van der Waals surface area contributed by atoms with Gasteiger partial charge in [0.25, 0.3) is 0 Å². The number of nitrogens with zero attached hydrogens (tertiary/aromatic N) is 1. The van der Waals surface area contributed by atoms with E-state index in [1.165, 1.54) is 6.39 Å². The number of halogens is 2. The Labute approximate surface area is 97.0 Å². The van der Waals surface area contributed by atoms with Crippen LogP contribution in [0.4, 0.5) is 5.69 Å². The van der Waals surface area contributed by atoms with Crippen LogP contribution in [0.1, 0.15) is 5.76 Å². The largest absolute Gasteiger partial charge is 0.447 e. The lowest BCUT2D eigenvalue weighted by Crippen LogP contribution is -1.97. The maximum absolute atomic E-state index is 5.87. The van der Waals surface area contributed by atoms with Crippen molar-refractivity contribution in [1.29, 1.82) is 0 Å². The molecule has 2 aromatic rings. The molecule has 0 amide bonds. The van der Waals surface area contributed by atoms with E-state index in [2.05, 4.69) is 10.3 Å². The van der Waals surface area contributed by atoms with E-state index >= 15 is 0 Å². The third-order valence-corrected chi connectivity index (χ3v) is 2.61. The molecule has 0 unspecified atom stereocenters. The van der Waals surface area contributed by atoms with E-state index in [9.17, 15) is 0 Å². The summed E-state index contributed by atoms with van der Waals surface area (Å²) in [7, 11) is 0. The fraction of sp³-hybridized carbons (Fsp3) is 0.100. The predicted octanol–water partition coefficient (Wildman–Crippen LogP) is 3.59. The highest BCUT2D eigenvalue weighted by Crippen LogP contribution is 2.25. The molecule has 0 aliphatic rings. The lowest BCUT2D eigenvalue weighted by atomic mass is 10.3. The SMILES string of the molecule is Clc1ccc(NCc2cnco2)cc1Cl. The summed E-state index contributed by atoms with van der Waals surface area (Å²) < 4.78 is 5.08. The van der Waals surface area contributed by atoms with Crippen molar-refractivity contribution in [2.45, 2.75) is 6.54 Å². The Balaban J connectivity index is 2.02. The van der Waals surface area contributed by atoms with Gasteiger partial charge in [-0.15, -0.1) is 0 Å². The van der Waals surface area contributed by atoms with Crippen molar-refractivity contribution in [1.82, 2.24) is 4.98 Å². The van der Waals surface area contributed by atoms with Gasteiger partial charge in [0.1, 0.15) is 5.76 Å². The maximum atomic E-state index is 5.87. The van der Waals surface area contributed by atoms with Gasteiger partial charge in [-0.25, -0.2) is 4.98 Å². The molecule has 0 fully saturated rings. The predicted molar refractivity (Wildman–Crippen MR) is 60.3 cm³/mol. The maximum Gasteiger partial charge on any atom is 0.180 e. The molecule has 0 radical (unpaired) electrons. The van der Waals surface area contributed by atoms with Crippen molar-refractivity contribution in [3.63, 3.8) is 0 Å². The van der Waals surface area contributed by atoms with Crippen LogP contribution in [-0.2, 0) is 6.54 Å². The first-order valence-corrected chi connectivity index (χ1v) is 5.07. The third-order valence-electron chi connectivity index (χ3n) is 1.87. The molecule has 0 aliphatic heterocycles. The monoisotopic (exact) mass is 242 g/mol. The Kier molecular flexibility index (Phi) is 3.14. The number of benzene rings is 1. The van der Waals surface area contributed by atoms with E-state index in [0.717, 1.165) is 11.4 Å². The summed E-state index contributed by atoms with van der Waals surface area (Å²) in [6.45, 7) is 0.567. The third kappa shape index (κ3) is 2.64. The Morgan fingerprint density at radius 3 is 2.80 bits per heavy atom. The number of aromatic nitrogens is 1. The van der Waals surface area contributed by atoms with Gasteiger partial charge in [0.05, 0.1) is 22.8 Å². The van der Waals surface area contributed by atoms with E-state index in [4.69, 9.17) is 27.6 Å². The Morgan fingerprint density at radius 2 is 2.13 bits per heavy atom. The van der Waals surface area contributed by atoms with Gasteiger partial charge in [0.15, 0.2) is 6.39 Å². The topological polar surface area (TPSA) is 38.1 Å². The highest BCUT2D eigenvalue weighted by Gasteiger charge is 2.00. The van der Waals surface area contributed by atoms with Crippen LogP contribution in [0.25, 0.3) is 0 Å². The first-order chi connectivity index (χ1) is 7.25. The summed E-state index contributed by atoms with van der Waals surface area (Å²) in [5.74, 6) is 0.765. The quantitative estimate of drug-likeness (QED) is 0.894. The van der Waals surface area contributed by atoms with Gasteiger partial charge in [0, 0.05) is 5.69 Å². The Hall–Kier alpha value is -1.19. The molecule has 1 aromatic carbocycles. The van der Waals surface area contributed by atoms with Crippen molar-refractivity contribution < 1.29 is 4.42 Å². The molecule has 0 aliphatic carbocycles. The van der Waals surface area contributed by atoms with Crippen LogP contribution >= 0.6 is 23.2 Å². The fourth-order valence-electron chi connectivity index (χ4n) is 1.12. The summed E-state index contributed by atoms with van der Waals surface area (Å²) in [6, 6.07) is 5.36. The zero-order valence-electron chi connectivity index (χ0n) is 7.71. The Bertz CT molecular complexity index is 443.